The molecule has 21 heavy (non-hydrogen) atoms. The second kappa shape index (κ2) is 7.43. The lowest BCUT2D eigenvalue weighted by molar-refractivity contribution is 0.240. The van der Waals surface area contributed by atoms with Crippen molar-refractivity contribution >= 4 is 11.6 Å². The lowest BCUT2D eigenvalue weighted by Crippen LogP contribution is -2.13. The number of ether oxygens (including phenoxy) is 1. The zero-order chi connectivity index (χ0) is 15.2. The molecular weight excluding hydrogens is 290 g/mol. The molecule has 1 aromatic carbocycles. The summed E-state index contributed by atoms with van der Waals surface area (Å²) in [6.45, 7) is 7.92. The molecule has 0 aliphatic rings. The maximum absolute atomic E-state index is 6.03. The van der Waals surface area contributed by atoms with E-state index in [0.717, 1.165) is 17.9 Å². The summed E-state index contributed by atoms with van der Waals surface area (Å²) in [6, 6.07) is 5.56. The maximum atomic E-state index is 6.03. The van der Waals surface area contributed by atoms with Crippen LogP contribution < -0.4 is 10.1 Å². The van der Waals surface area contributed by atoms with Gasteiger partial charge in [-0.2, -0.15) is 4.98 Å². The largest absolute Gasteiger partial charge is 0.483 e. The van der Waals surface area contributed by atoms with Crippen LogP contribution in [0.25, 0.3) is 0 Å². The number of halogens is 1. The highest BCUT2D eigenvalue weighted by Gasteiger charge is 2.11. The summed E-state index contributed by atoms with van der Waals surface area (Å²) in [5, 5.41) is 7.86. The van der Waals surface area contributed by atoms with E-state index in [0.29, 0.717) is 23.3 Å². The predicted molar refractivity (Wildman–Crippen MR) is 81.6 cm³/mol. The third-order valence-electron chi connectivity index (χ3n) is 2.94. The molecule has 0 bridgehead atoms. The Kier molecular flexibility index (Phi) is 5.59. The average Bonchev–Trinajstić information content (AvgIpc) is 2.93. The molecule has 1 heterocycles. The first-order valence-electron chi connectivity index (χ1n) is 7.04. The summed E-state index contributed by atoms with van der Waals surface area (Å²) in [7, 11) is 0. The zero-order valence-electron chi connectivity index (χ0n) is 12.5. The quantitative estimate of drug-likeness (QED) is 0.847. The Hall–Kier alpha value is -1.59. The Morgan fingerprint density at radius 1 is 1.38 bits per heavy atom. The summed E-state index contributed by atoms with van der Waals surface area (Å²) in [5.41, 5.74) is 1.01. The Bertz CT molecular complexity index is 584. The van der Waals surface area contributed by atoms with Crippen molar-refractivity contribution in [2.24, 2.45) is 0 Å². The Morgan fingerprint density at radius 2 is 2.19 bits per heavy atom. The van der Waals surface area contributed by atoms with Crippen molar-refractivity contribution in [2.75, 3.05) is 6.54 Å². The molecule has 5 nitrogen and oxygen atoms in total. The highest BCUT2D eigenvalue weighted by atomic mass is 35.5. The van der Waals surface area contributed by atoms with Gasteiger partial charge < -0.3 is 14.6 Å². The summed E-state index contributed by atoms with van der Waals surface area (Å²) in [5.74, 6) is 2.17. The molecule has 0 saturated heterocycles. The lowest BCUT2D eigenvalue weighted by Gasteiger charge is -2.11. The first-order valence-corrected chi connectivity index (χ1v) is 7.42. The fourth-order valence-electron chi connectivity index (χ4n) is 1.79. The molecule has 0 unspecified atom stereocenters. The van der Waals surface area contributed by atoms with Crippen LogP contribution in [0.5, 0.6) is 5.75 Å². The number of nitrogens with one attached hydrogen (secondary N) is 1. The van der Waals surface area contributed by atoms with Crippen molar-refractivity contribution in [3.8, 4) is 5.75 Å². The minimum absolute atomic E-state index is 0.238. The van der Waals surface area contributed by atoms with Crippen LogP contribution >= 0.6 is 11.6 Å². The number of nitrogens with zero attached hydrogens (tertiary/aromatic N) is 2. The third-order valence-corrected chi connectivity index (χ3v) is 3.17. The number of hydrogen-bond donors (Lipinski definition) is 1. The van der Waals surface area contributed by atoms with Gasteiger partial charge in [0.2, 0.25) is 0 Å². The van der Waals surface area contributed by atoms with Crippen molar-refractivity contribution in [2.45, 2.75) is 39.8 Å². The van der Waals surface area contributed by atoms with Gasteiger partial charge in [0.1, 0.15) is 5.75 Å². The molecule has 0 saturated carbocycles. The van der Waals surface area contributed by atoms with Gasteiger partial charge in [-0.25, -0.2) is 0 Å². The van der Waals surface area contributed by atoms with Crippen molar-refractivity contribution in [3.05, 3.63) is 40.5 Å². The third kappa shape index (κ3) is 4.44. The SMILES string of the molecule is CCNCc1cc(Cl)ccc1OCc1nc(C(C)C)no1. The van der Waals surface area contributed by atoms with Crippen LogP contribution in [0.1, 0.15) is 44.0 Å². The summed E-state index contributed by atoms with van der Waals surface area (Å²) in [6.07, 6.45) is 0. The van der Waals surface area contributed by atoms with Gasteiger partial charge in [-0.15, -0.1) is 0 Å². The highest BCUT2D eigenvalue weighted by Crippen LogP contribution is 2.24. The van der Waals surface area contributed by atoms with Crippen LogP contribution in [0.15, 0.2) is 22.7 Å². The standard InChI is InChI=1S/C15H20ClN3O2/c1-4-17-8-11-7-12(16)5-6-13(11)20-9-14-18-15(10(2)3)19-21-14/h5-7,10,17H,4,8-9H2,1-3H3. The first-order chi connectivity index (χ1) is 10.1. The van der Waals surface area contributed by atoms with Gasteiger partial charge in [-0.05, 0) is 24.7 Å². The van der Waals surface area contributed by atoms with Crippen molar-refractivity contribution in [1.29, 1.82) is 0 Å². The topological polar surface area (TPSA) is 60.2 Å². The second-order valence-corrected chi connectivity index (χ2v) is 5.46. The molecule has 2 aromatic rings. The Labute approximate surface area is 129 Å². The molecule has 0 spiro atoms. The van der Waals surface area contributed by atoms with Crippen LogP contribution in [-0.4, -0.2) is 16.7 Å². The number of rotatable bonds is 7. The minimum atomic E-state index is 0.238. The molecule has 1 N–H and O–H groups in total. The van der Waals surface area contributed by atoms with E-state index in [-0.39, 0.29) is 12.5 Å². The smallest absolute Gasteiger partial charge is 0.264 e. The lowest BCUT2D eigenvalue weighted by atomic mass is 10.2. The van der Waals surface area contributed by atoms with E-state index in [2.05, 4.69) is 22.4 Å². The molecular formula is C15H20ClN3O2. The van der Waals surface area contributed by atoms with Gasteiger partial charge in [0.25, 0.3) is 5.89 Å². The molecule has 1 aromatic heterocycles. The monoisotopic (exact) mass is 309 g/mol. The van der Waals surface area contributed by atoms with Crippen molar-refractivity contribution in [3.63, 3.8) is 0 Å². The van der Waals surface area contributed by atoms with Gasteiger partial charge in [0.15, 0.2) is 12.4 Å². The van der Waals surface area contributed by atoms with Gasteiger partial charge in [-0.1, -0.05) is 37.5 Å². The molecule has 0 radical (unpaired) electrons. The Morgan fingerprint density at radius 3 is 2.86 bits per heavy atom. The van der Waals surface area contributed by atoms with E-state index in [1.165, 1.54) is 0 Å². The van der Waals surface area contributed by atoms with E-state index in [4.69, 9.17) is 20.9 Å². The van der Waals surface area contributed by atoms with Gasteiger partial charge in [0.05, 0.1) is 0 Å². The van der Waals surface area contributed by atoms with Gasteiger partial charge in [-0.3, -0.25) is 0 Å². The normalized spacial score (nSPS) is 11.1. The fraction of sp³-hybridized carbons (Fsp3) is 0.467. The molecule has 0 aliphatic carbocycles. The fourth-order valence-corrected chi connectivity index (χ4v) is 1.98. The Balaban J connectivity index is 2.04. The van der Waals surface area contributed by atoms with Crippen LogP contribution in [0.2, 0.25) is 5.02 Å². The van der Waals surface area contributed by atoms with E-state index in [9.17, 15) is 0 Å². The molecule has 0 fully saturated rings. The van der Waals surface area contributed by atoms with Gasteiger partial charge >= 0.3 is 0 Å². The van der Waals surface area contributed by atoms with Crippen LogP contribution in [-0.2, 0) is 13.2 Å². The molecule has 2 rings (SSSR count). The first kappa shape index (κ1) is 15.8. The van der Waals surface area contributed by atoms with E-state index < -0.39 is 0 Å². The van der Waals surface area contributed by atoms with Crippen molar-refractivity contribution in [1.82, 2.24) is 15.5 Å². The molecule has 6 heteroatoms. The minimum Gasteiger partial charge on any atom is -0.483 e. The summed E-state index contributed by atoms with van der Waals surface area (Å²) in [4.78, 5) is 4.29. The van der Waals surface area contributed by atoms with E-state index in [1.54, 1.807) is 6.07 Å². The number of benzene rings is 1. The number of aromatic nitrogens is 2. The van der Waals surface area contributed by atoms with Crippen LogP contribution in [0.3, 0.4) is 0 Å². The van der Waals surface area contributed by atoms with Crippen LogP contribution in [0, 0.1) is 0 Å². The molecule has 0 atom stereocenters. The zero-order valence-corrected chi connectivity index (χ0v) is 13.3. The highest BCUT2D eigenvalue weighted by molar-refractivity contribution is 6.30. The molecule has 114 valence electrons. The van der Waals surface area contributed by atoms with E-state index in [1.807, 2.05) is 26.0 Å². The summed E-state index contributed by atoms with van der Waals surface area (Å²) < 4.78 is 10.9. The summed E-state index contributed by atoms with van der Waals surface area (Å²) >= 11 is 6.03. The van der Waals surface area contributed by atoms with E-state index >= 15 is 0 Å². The molecule has 0 amide bonds. The average molecular weight is 310 g/mol. The van der Waals surface area contributed by atoms with Crippen molar-refractivity contribution < 1.29 is 9.26 Å². The molecule has 0 aliphatic heterocycles. The second-order valence-electron chi connectivity index (χ2n) is 5.02. The predicted octanol–water partition coefficient (Wildman–Crippen LogP) is 3.53. The van der Waals surface area contributed by atoms with Crippen LogP contribution in [0.4, 0.5) is 0 Å². The number of hydrogen-bond acceptors (Lipinski definition) is 5. The van der Waals surface area contributed by atoms with Gasteiger partial charge in [0, 0.05) is 23.0 Å². The maximum Gasteiger partial charge on any atom is 0.264 e.